The van der Waals surface area contributed by atoms with Gasteiger partial charge < -0.3 is 19.3 Å². The Kier molecular flexibility index (Phi) is 13.9. The zero-order valence-corrected chi connectivity index (χ0v) is 59.6. The van der Waals surface area contributed by atoms with E-state index in [0.29, 0.717) is 0 Å². The molecule has 12 aromatic rings. The first kappa shape index (κ1) is 61.1. The van der Waals surface area contributed by atoms with E-state index in [0.717, 1.165) is 40.5 Å². The van der Waals surface area contributed by atoms with E-state index in [4.69, 9.17) is 0 Å². The molecule has 0 saturated carbocycles. The predicted molar refractivity (Wildman–Crippen MR) is 409 cm³/mol. The molecule has 7 heteroatoms. The molecule has 5 heterocycles. The molecule has 0 radical (unpaired) electrons. The fourth-order valence-corrected chi connectivity index (χ4v) is 17.7. The van der Waals surface area contributed by atoms with Crippen LogP contribution in [0, 0.1) is 5.41 Å². The summed E-state index contributed by atoms with van der Waals surface area (Å²) in [5.41, 5.74) is 26.6. The first-order chi connectivity index (χ1) is 43.9. The van der Waals surface area contributed by atoms with E-state index in [9.17, 15) is 0 Å². The highest BCUT2D eigenvalue weighted by Crippen LogP contribution is 2.57. The SMILES string of the molecule is CC(C)(C)C1=Cc2c3n(c4c2sc2ccccc24)-c2cc(N(c4ccc(C(C)(C)C)cc4)c4ccc(C(C)(C)C)cc4)cc4c2B(c2ccc(N(c5ccc(C(C)(C)C)cc5)c5ccc(C(C)(C)C)cc5)cc2N4c2cccc4c2sc2cc(C(C)(C)C)ccc24)C3C1. The van der Waals surface area contributed by atoms with E-state index in [1.54, 1.807) is 0 Å². The minimum absolute atomic E-state index is 0.000521. The summed E-state index contributed by atoms with van der Waals surface area (Å²) in [6.45, 7) is 42.1. The molecule has 0 saturated heterocycles. The van der Waals surface area contributed by atoms with Crippen molar-refractivity contribution in [1.82, 2.24) is 4.57 Å². The molecule has 9 aromatic carbocycles. The maximum Gasteiger partial charge on any atom is 0.226 e. The third kappa shape index (κ3) is 10.2. The Labute approximate surface area is 561 Å². The first-order valence-electron chi connectivity index (χ1n) is 33.8. The van der Waals surface area contributed by atoms with Crippen LogP contribution in [0.3, 0.4) is 0 Å². The predicted octanol–water partition coefficient (Wildman–Crippen LogP) is 24.5. The van der Waals surface area contributed by atoms with Gasteiger partial charge in [0.25, 0.3) is 0 Å². The Morgan fingerprint density at radius 1 is 0.376 bits per heavy atom. The van der Waals surface area contributed by atoms with Crippen LogP contribution in [0.4, 0.5) is 51.2 Å². The minimum Gasteiger partial charge on any atom is -0.312 e. The smallest absolute Gasteiger partial charge is 0.226 e. The lowest BCUT2D eigenvalue weighted by Gasteiger charge is -2.46. The average Bonchev–Trinajstić information content (AvgIpc) is 1.61. The highest BCUT2D eigenvalue weighted by molar-refractivity contribution is 7.26. The summed E-state index contributed by atoms with van der Waals surface area (Å²) < 4.78 is 8.09. The largest absolute Gasteiger partial charge is 0.312 e. The average molecular weight is 1250 g/mol. The van der Waals surface area contributed by atoms with Crippen molar-refractivity contribution in [2.45, 2.75) is 164 Å². The number of thiophene rings is 2. The lowest BCUT2D eigenvalue weighted by Crippen LogP contribution is -2.58. The van der Waals surface area contributed by atoms with Crippen LogP contribution in [-0.2, 0) is 27.1 Å². The molecule has 0 spiro atoms. The zero-order chi connectivity index (χ0) is 65.4. The number of rotatable bonds is 7. The molecule has 0 N–H and O–H groups in total. The summed E-state index contributed by atoms with van der Waals surface area (Å²) in [5, 5.41) is 3.90. The second-order valence-corrected chi connectivity index (χ2v) is 35.3. The lowest BCUT2D eigenvalue weighted by molar-refractivity contribution is 0.479. The number of aromatic nitrogens is 1. The molecular formula is C86H89BN4S2. The van der Waals surface area contributed by atoms with Crippen LogP contribution >= 0.6 is 22.7 Å². The number of benzene rings is 9. The van der Waals surface area contributed by atoms with Crippen molar-refractivity contribution in [3.63, 3.8) is 0 Å². The summed E-state index contributed by atoms with van der Waals surface area (Å²) in [4.78, 5) is 7.79. The lowest BCUT2D eigenvalue weighted by atomic mass is 9.29. The van der Waals surface area contributed by atoms with Crippen LogP contribution in [0.1, 0.15) is 176 Å². The summed E-state index contributed by atoms with van der Waals surface area (Å²) in [6, 6.07) is 73.9. The summed E-state index contributed by atoms with van der Waals surface area (Å²) in [7, 11) is 0. The van der Waals surface area contributed by atoms with E-state index in [1.165, 1.54) is 119 Å². The molecule has 15 rings (SSSR count). The maximum atomic E-state index is 2.78. The van der Waals surface area contributed by atoms with Crippen LogP contribution in [0.5, 0.6) is 0 Å². The van der Waals surface area contributed by atoms with Crippen molar-refractivity contribution >= 4 is 138 Å². The molecule has 0 bridgehead atoms. The van der Waals surface area contributed by atoms with Crippen LogP contribution < -0.4 is 25.6 Å². The van der Waals surface area contributed by atoms with Crippen molar-refractivity contribution in [3.8, 4) is 5.69 Å². The highest BCUT2D eigenvalue weighted by Gasteiger charge is 2.50. The molecule has 0 amide bonds. The highest BCUT2D eigenvalue weighted by atomic mass is 32.1. The zero-order valence-electron chi connectivity index (χ0n) is 57.9. The van der Waals surface area contributed by atoms with Gasteiger partial charge in [-0.15, -0.1) is 22.7 Å². The fraction of sp³-hybridized carbons (Fsp3) is 0.302. The van der Waals surface area contributed by atoms with Crippen molar-refractivity contribution < 1.29 is 0 Å². The molecular weight excluding hydrogens is 1160 g/mol. The second-order valence-electron chi connectivity index (χ2n) is 33.2. The number of allylic oxidation sites excluding steroid dienone is 1. The molecule has 1 atom stereocenters. The van der Waals surface area contributed by atoms with Crippen molar-refractivity contribution in [2.75, 3.05) is 14.7 Å². The van der Waals surface area contributed by atoms with Gasteiger partial charge in [-0.3, -0.25) is 0 Å². The quantitative estimate of drug-likeness (QED) is 0.148. The minimum atomic E-state index is -0.0516. The van der Waals surface area contributed by atoms with Gasteiger partial charge in [-0.25, -0.2) is 0 Å². The third-order valence-electron chi connectivity index (χ3n) is 20.6. The summed E-state index contributed by atoms with van der Waals surface area (Å²) >= 11 is 3.92. The van der Waals surface area contributed by atoms with E-state index in [-0.39, 0.29) is 45.0 Å². The monoisotopic (exact) mass is 1250 g/mol. The van der Waals surface area contributed by atoms with Crippen LogP contribution in [0.25, 0.3) is 52.2 Å². The normalized spacial score (nSPS) is 15.1. The maximum absolute atomic E-state index is 2.78. The van der Waals surface area contributed by atoms with E-state index in [1.807, 2.05) is 22.7 Å². The third-order valence-corrected chi connectivity index (χ3v) is 23.0. The second kappa shape index (κ2) is 21.2. The van der Waals surface area contributed by atoms with Gasteiger partial charge in [0.05, 0.1) is 26.3 Å². The molecule has 468 valence electrons. The fourth-order valence-electron chi connectivity index (χ4n) is 15.2. The molecule has 1 aliphatic carbocycles. The number of anilines is 9. The molecule has 4 nitrogen and oxygen atoms in total. The topological polar surface area (TPSA) is 14.7 Å². The van der Waals surface area contributed by atoms with E-state index >= 15 is 0 Å². The van der Waals surface area contributed by atoms with Gasteiger partial charge in [0.2, 0.25) is 6.71 Å². The Morgan fingerprint density at radius 2 is 0.839 bits per heavy atom. The van der Waals surface area contributed by atoms with Gasteiger partial charge in [0, 0.05) is 82.3 Å². The van der Waals surface area contributed by atoms with Crippen LogP contribution in [0.15, 0.2) is 194 Å². The van der Waals surface area contributed by atoms with Gasteiger partial charge in [-0.1, -0.05) is 233 Å². The molecule has 1 unspecified atom stereocenters. The van der Waals surface area contributed by atoms with Gasteiger partial charge in [0.1, 0.15) is 0 Å². The molecule has 3 aromatic heterocycles. The summed E-state index contributed by atoms with van der Waals surface area (Å²) in [6.07, 6.45) is 3.58. The summed E-state index contributed by atoms with van der Waals surface area (Å²) in [5.74, 6) is 0.148. The number of hydrogen-bond donors (Lipinski definition) is 0. The van der Waals surface area contributed by atoms with E-state index in [2.05, 4.69) is 338 Å². The van der Waals surface area contributed by atoms with Crippen molar-refractivity contribution in [1.29, 1.82) is 0 Å². The number of hydrogen-bond acceptors (Lipinski definition) is 5. The van der Waals surface area contributed by atoms with Crippen molar-refractivity contribution in [3.05, 3.63) is 233 Å². The van der Waals surface area contributed by atoms with Crippen LogP contribution in [-0.4, -0.2) is 11.3 Å². The van der Waals surface area contributed by atoms with Gasteiger partial charge in [-0.05, 0) is 174 Å². The van der Waals surface area contributed by atoms with E-state index < -0.39 is 0 Å². The Bertz CT molecular complexity index is 4870. The molecule has 3 aliphatic rings. The standard InChI is InChI=1S/C86H89BN4S2/c1-81(2,3)52-26-35-58(36-27-52)88(59-37-28-53(29-38-59)82(4,5)6)62-43-45-68-71(49-62)90(70-24-21-23-65-64-44-34-56(85(13,14)15)48-75(64)93-79(65)70)72-50-63(89(60-39-30-54(31-40-60)83(7,8)9)61-41-32-55(33-42-61)84(10,11)12)51-73-76(72)87(68)69-47-57(86(16,17)18)46-67-77(69)91(73)78-66-22-19-20-25-74(66)92-80(67)78/h19-46,48-51,69H,47H2,1-18H3. The van der Waals surface area contributed by atoms with Gasteiger partial charge in [0.15, 0.2) is 0 Å². The number of nitrogens with zero attached hydrogens (tertiary/aromatic N) is 4. The van der Waals surface area contributed by atoms with Gasteiger partial charge >= 0.3 is 0 Å². The Morgan fingerprint density at radius 3 is 1.37 bits per heavy atom. The molecule has 0 fully saturated rings. The number of fused-ring (bicyclic) bond motifs is 12. The first-order valence-corrected chi connectivity index (χ1v) is 35.4. The Balaban J connectivity index is 1.09. The van der Waals surface area contributed by atoms with Crippen LogP contribution in [0.2, 0.25) is 0 Å². The Hall–Kier alpha value is -8.10. The van der Waals surface area contributed by atoms with Gasteiger partial charge in [-0.2, -0.15) is 0 Å². The molecule has 93 heavy (non-hydrogen) atoms. The van der Waals surface area contributed by atoms with Crippen molar-refractivity contribution in [2.24, 2.45) is 5.41 Å². The molecule has 2 aliphatic heterocycles.